The van der Waals surface area contributed by atoms with Gasteiger partial charge in [0.2, 0.25) is 5.91 Å². The number of methoxy groups -OCH3 is 1. The van der Waals surface area contributed by atoms with Gasteiger partial charge in [0.05, 0.1) is 41.3 Å². The van der Waals surface area contributed by atoms with E-state index in [1.54, 1.807) is 0 Å². The van der Waals surface area contributed by atoms with Crippen molar-refractivity contribution in [2.75, 3.05) is 34.3 Å². The van der Waals surface area contributed by atoms with Gasteiger partial charge in [0, 0.05) is 60.3 Å². The van der Waals surface area contributed by atoms with Gasteiger partial charge in [0.25, 0.3) is 0 Å². The molecule has 2 unspecified atom stereocenters. The number of carbonyl (C=O) groups is 2. The number of ether oxygens (including phenoxy) is 1. The number of amides is 1. The Bertz CT molecular complexity index is 1820. The van der Waals surface area contributed by atoms with Gasteiger partial charge in [-0.2, -0.15) is 0 Å². The van der Waals surface area contributed by atoms with E-state index in [9.17, 15) is 9.59 Å². The molecule has 0 aromatic heterocycles. The van der Waals surface area contributed by atoms with E-state index in [-0.39, 0.29) is 30.1 Å². The van der Waals surface area contributed by atoms with Crippen LogP contribution in [-0.4, -0.2) is 73.9 Å². The standard InChI is InChI=1S/C39H46N6O3/c1-10-26-22(3)30-18-31-25(6)29(13-15-39(47)48-9)37(43-31)21-36-28(12-14-38(46)40-16-17-45(7)8)24(5)33(44-36)20-35-27(11-2)23(4)32(42-35)19-34(26)41-30/h10-11,18-21,25,29H,1-2,12-17H2,3-9H3,(H,40,46). The molecule has 5 aliphatic rings. The van der Waals surface area contributed by atoms with Gasteiger partial charge in [-0.1, -0.05) is 32.2 Å². The maximum atomic E-state index is 12.9. The Morgan fingerprint density at radius 1 is 0.854 bits per heavy atom. The van der Waals surface area contributed by atoms with Crippen molar-refractivity contribution in [1.82, 2.24) is 10.2 Å². The Kier molecular flexibility index (Phi) is 10.5. The molecule has 5 rings (SSSR count). The minimum absolute atomic E-state index is 0.00146. The van der Waals surface area contributed by atoms with Crippen LogP contribution in [0.5, 0.6) is 0 Å². The van der Waals surface area contributed by atoms with Gasteiger partial charge < -0.3 is 15.0 Å². The van der Waals surface area contributed by atoms with Crippen molar-refractivity contribution in [2.45, 2.75) is 53.4 Å². The van der Waals surface area contributed by atoms with Crippen LogP contribution in [0.15, 0.2) is 126 Å². The average Bonchev–Trinajstić information content (AvgIpc) is 3.71. The first-order valence-electron chi connectivity index (χ1n) is 16.5. The predicted octanol–water partition coefficient (Wildman–Crippen LogP) is 6.34. The topological polar surface area (TPSA) is 108 Å². The van der Waals surface area contributed by atoms with Crippen LogP contribution >= 0.6 is 0 Å². The van der Waals surface area contributed by atoms with Crippen LogP contribution in [0.25, 0.3) is 0 Å². The first-order valence-corrected chi connectivity index (χ1v) is 16.5. The Morgan fingerprint density at radius 3 is 2.02 bits per heavy atom. The average molecular weight is 647 g/mol. The summed E-state index contributed by atoms with van der Waals surface area (Å²) in [6.07, 6.45) is 13.5. The zero-order chi connectivity index (χ0) is 34.7. The summed E-state index contributed by atoms with van der Waals surface area (Å²) in [5, 5.41) is 3.03. The number of rotatable bonds is 11. The van der Waals surface area contributed by atoms with E-state index >= 15 is 0 Å². The van der Waals surface area contributed by atoms with E-state index < -0.39 is 0 Å². The zero-order valence-corrected chi connectivity index (χ0v) is 29.2. The highest BCUT2D eigenvalue weighted by Gasteiger charge is 2.34. The fourth-order valence-electron chi connectivity index (χ4n) is 6.58. The smallest absolute Gasteiger partial charge is 0.305 e. The normalized spacial score (nSPS) is 21.8. The number of carbonyl (C=O) groups excluding carboxylic acids is 2. The van der Waals surface area contributed by atoms with Gasteiger partial charge >= 0.3 is 5.97 Å². The first kappa shape index (κ1) is 34.6. The Labute approximate surface area is 284 Å². The molecule has 5 aliphatic heterocycles. The maximum Gasteiger partial charge on any atom is 0.305 e. The predicted molar refractivity (Wildman–Crippen MR) is 195 cm³/mol. The van der Waals surface area contributed by atoms with Crippen molar-refractivity contribution in [3.05, 3.63) is 106 Å². The fraction of sp³-hybridized carbons (Fsp3) is 0.385. The SMILES string of the molecule is C=CC1=C(C)C2=CC3=NC(=CC4=NC(=CC5=NC(=CC1=N2)C(C)=C5C=C)C(C)=C4CCC(=O)NCCN(C)C)C(CCC(=O)OC)C3C. The molecule has 9 heteroatoms. The molecule has 0 saturated heterocycles. The lowest BCUT2D eigenvalue weighted by Crippen LogP contribution is -2.31. The summed E-state index contributed by atoms with van der Waals surface area (Å²) in [4.78, 5) is 47.5. The molecule has 9 nitrogen and oxygen atoms in total. The van der Waals surface area contributed by atoms with Crippen molar-refractivity contribution in [3.63, 3.8) is 0 Å². The Balaban J connectivity index is 1.65. The molecule has 250 valence electrons. The van der Waals surface area contributed by atoms with Gasteiger partial charge in [0.1, 0.15) is 0 Å². The molecule has 8 bridgehead atoms. The molecule has 0 aromatic carbocycles. The second-order valence-corrected chi connectivity index (χ2v) is 12.9. The summed E-state index contributed by atoms with van der Waals surface area (Å²) in [7, 11) is 5.38. The van der Waals surface area contributed by atoms with Gasteiger partial charge in [-0.25, -0.2) is 15.0 Å². The highest BCUT2D eigenvalue weighted by Crippen LogP contribution is 2.39. The summed E-state index contributed by atoms with van der Waals surface area (Å²) in [5.74, 6) is -0.265. The quantitative estimate of drug-likeness (QED) is 0.264. The van der Waals surface area contributed by atoms with Crippen LogP contribution in [0.1, 0.15) is 53.4 Å². The summed E-state index contributed by atoms with van der Waals surface area (Å²) in [6, 6.07) is 0. The fourth-order valence-corrected chi connectivity index (χ4v) is 6.58. The maximum absolute atomic E-state index is 12.9. The number of likely N-dealkylation sites (N-methyl/N-ethyl adjacent to an activating group) is 1. The lowest BCUT2D eigenvalue weighted by molar-refractivity contribution is -0.140. The van der Waals surface area contributed by atoms with E-state index in [0.717, 1.165) is 85.6 Å². The third-order valence-corrected chi connectivity index (χ3v) is 9.60. The van der Waals surface area contributed by atoms with Crippen molar-refractivity contribution >= 4 is 34.7 Å². The molecule has 0 aliphatic carbocycles. The number of hydrogen-bond donors (Lipinski definition) is 1. The summed E-state index contributed by atoms with van der Waals surface area (Å²) in [5.41, 5.74) is 12.4. The summed E-state index contributed by atoms with van der Waals surface area (Å²) in [6.45, 7) is 17.8. The number of nitrogens with one attached hydrogen (secondary N) is 1. The molecule has 1 N–H and O–H groups in total. The minimum Gasteiger partial charge on any atom is -0.469 e. The molecule has 5 heterocycles. The number of hydrogen-bond acceptors (Lipinski definition) is 8. The van der Waals surface area contributed by atoms with Crippen molar-refractivity contribution in [2.24, 2.45) is 31.8 Å². The van der Waals surface area contributed by atoms with Crippen LogP contribution < -0.4 is 5.32 Å². The molecule has 0 fully saturated rings. The molecular weight excluding hydrogens is 600 g/mol. The van der Waals surface area contributed by atoms with E-state index in [0.29, 0.717) is 25.8 Å². The monoisotopic (exact) mass is 646 g/mol. The molecule has 0 spiro atoms. The third-order valence-electron chi connectivity index (χ3n) is 9.60. The van der Waals surface area contributed by atoms with Gasteiger partial charge in [0.15, 0.2) is 0 Å². The molecular formula is C39H46N6O3. The van der Waals surface area contributed by atoms with Crippen LogP contribution in [0.4, 0.5) is 0 Å². The highest BCUT2D eigenvalue weighted by molar-refractivity contribution is 6.20. The van der Waals surface area contributed by atoms with E-state index in [1.807, 2.05) is 70.1 Å². The van der Waals surface area contributed by atoms with Gasteiger partial charge in [-0.3, -0.25) is 14.6 Å². The van der Waals surface area contributed by atoms with Gasteiger partial charge in [-0.15, -0.1) is 0 Å². The summed E-state index contributed by atoms with van der Waals surface area (Å²) < 4.78 is 4.99. The molecule has 0 radical (unpaired) electrons. The van der Waals surface area contributed by atoms with E-state index in [1.165, 1.54) is 7.11 Å². The largest absolute Gasteiger partial charge is 0.469 e. The van der Waals surface area contributed by atoms with Crippen molar-refractivity contribution in [1.29, 1.82) is 0 Å². The highest BCUT2D eigenvalue weighted by atomic mass is 16.5. The Morgan fingerprint density at radius 2 is 1.44 bits per heavy atom. The number of nitrogens with zero attached hydrogens (tertiary/aromatic N) is 5. The minimum atomic E-state index is -0.253. The third kappa shape index (κ3) is 7.06. The number of allylic oxidation sites excluding steroid dienone is 13. The van der Waals surface area contributed by atoms with Crippen LogP contribution in [0, 0.1) is 11.8 Å². The van der Waals surface area contributed by atoms with Crippen LogP contribution in [0.2, 0.25) is 0 Å². The molecule has 0 saturated carbocycles. The number of fused-ring (bicyclic) bond motifs is 4. The Hall–Kier alpha value is -4.76. The molecule has 0 aromatic rings. The van der Waals surface area contributed by atoms with Crippen molar-refractivity contribution < 1.29 is 14.3 Å². The van der Waals surface area contributed by atoms with Crippen LogP contribution in [0.3, 0.4) is 0 Å². The van der Waals surface area contributed by atoms with E-state index in [4.69, 9.17) is 24.7 Å². The second kappa shape index (κ2) is 14.6. The van der Waals surface area contributed by atoms with Crippen molar-refractivity contribution in [3.8, 4) is 0 Å². The number of aliphatic imine (C=N–C) groups is 4. The molecule has 2 atom stereocenters. The lowest BCUT2D eigenvalue weighted by atomic mass is 9.85. The molecule has 1 amide bonds. The zero-order valence-electron chi connectivity index (χ0n) is 29.2. The van der Waals surface area contributed by atoms with E-state index in [2.05, 4.69) is 31.5 Å². The summed E-state index contributed by atoms with van der Waals surface area (Å²) >= 11 is 0. The van der Waals surface area contributed by atoms with Crippen LogP contribution in [-0.2, 0) is 14.3 Å². The first-order chi connectivity index (χ1) is 22.9. The number of esters is 1. The lowest BCUT2D eigenvalue weighted by Gasteiger charge is -2.17. The second-order valence-electron chi connectivity index (χ2n) is 12.9. The van der Waals surface area contributed by atoms with Gasteiger partial charge in [-0.05, 0) is 94.3 Å². The molecule has 48 heavy (non-hydrogen) atoms.